The van der Waals surface area contributed by atoms with Gasteiger partial charge in [0.05, 0.1) is 5.56 Å². The second-order valence-electron chi connectivity index (χ2n) is 5.07. The van der Waals surface area contributed by atoms with Crippen molar-refractivity contribution in [3.63, 3.8) is 0 Å². The van der Waals surface area contributed by atoms with E-state index in [2.05, 4.69) is 5.32 Å². The Morgan fingerprint density at radius 3 is 2.42 bits per heavy atom. The number of carboxylic acids is 1. The van der Waals surface area contributed by atoms with Crippen molar-refractivity contribution in [2.24, 2.45) is 0 Å². The molecular formula is C14H17NO4. The zero-order valence-corrected chi connectivity index (χ0v) is 10.8. The summed E-state index contributed by atoms with van der Waals surface area (Å²) in [6.07, 6.45) is 2.43. The number of hydrogen-bond acceptors (Lipinski definition) is 3. The van der Waals surface area contributed by atoms with Crippen LogP contribution in [0, 0.1) is 6.92 Å². The number of amides is 1. The summed E-state index contributed by atoms with van der Waals surface area (Å²) in [4.78, 5) is 23.5. The molecule has 0 unspecified atom stereocenters. The van der Waals surface area contributed by atoms with Crippen LogP contribution in [-0.4, -0.2) is 27.6 Å². The fraction of sp³-hybridized carbons (Fsp3) is 0.429. The summed E-state index contributed by atoms with van der Waals surface area (Å²) in [6, 6.07) is 4.69. The average molecular weight is 263 g/mol. The molecule has 102 valence electrons. The third-order valence-electron chi connectivity index (χ3n) is 3.62. The van der Waals surface area contributed by atoms with Crippen molar-refractivity contribution >= 4 is 11.9 Å². The molecule has 0 heterocycles. The first-order chi connectivity index (χ1) is 8.94. The minimum absolute atomic E-state index is 0.109. The maximum absolute atomic E-state index is 12.1. The molecule has 0 bridgehead atoms. The Bertz CT molecular complexity index is 518. The highest BCUT2D eigenvalue weighted by molar-refractivity contribution is 6.00. The van der Waals surface area contributed by atoms with Gasteiger partial charge in [-0.3, -0.25) is 4.79 Å². The van der Waals surface area contributed by atoms with Gasteiger partial charge in [-0.05, 0) is 37.5 Å². The van der Waals surface area contributed by atoms with Crippen LogP contribution in [-0.2, 0) is 4.79 Å². The monoisotopic (exact) mass is 263 g/mol. The number of nitrogens with one attached hydrogen (secondary N) is 1. The number of aliphatic carboxylic acids is 1. The second-order valence-corrected chi connectivity index (χ2v) is 5.07. The number of benzene rings is 1. The lowest BCUT2D eigenvalue weighted by molar-refractivity contribution is -0.144. The van der Waals surface area contributed by atoms with Crippen molar-refractivity contribution in [1.29, 1.82) is 0 Å². The first-order valence-corrected chi connectivity index (χ1v) is 6.30. The van der Waals surface area contributed by atoms with Crippen LogP contribution in [0.5, 0.6) is 5.75 Å². The van der Waals surface area contributed by atoms with Crippen molar-refractivity contribution < 1.29 is 19.8 Å². The van der Waals surface area contributed by atoms with Gasteiger partial charge in [0.25, 0.3) is 5.91 Å². The Morgan fingerprint density at radius 1 is 1.26 bits per heavy atom. The van der Waals surface area contributed by atoms with Crippen LogP contribution in [0.2, 0.25) is 0 Å². The van der Waals surface area contributed by atoms with Crippen molar-refractivity contribution in [2.75, 3.05) is 0 Å². The third kappa shape index (κ3) is 2.54. The zero-order chi connectivity index (χ0) is 14.0. The Hall–Kier alpha value is -2.04. The number of phenolic OH excluding ortho intramolecular Hbond substituents is 1. The summed E-state index contributed by atoms with van der Waals surface area (Å²) in [5, 5.41) is 21.6. The molecule has 1 aliphatic carbocycles. The summed E-state index contributed by atoms with van der Waals surface area (Å²) in [7, 11) is 0. The highest BCUT2D eigenvalue weighted by Gasteiger charge is 2.42. The van der Waals surface area contributed by atoms with E-state index in [9.17, 15) is 19.8 Å². The molecule has 0 saturated heterocycles. The van der Waals surface area contributed by atoms with Gasteiger partial charge in [-0.25, -0.2) is 4.79 Å². The summed E-state index contributed by atoms with van der Waals surface area (Å²) in [6.45, 7) is 1.80. The lowest BCUT2D eigenvalue weighted by Gasteiger charge is -2.25. The molecule has 0 aliphatic heterocycles. The third-order valence-corrected chi connectivity index (χ3v) is 3.62. The van der Waals surface area contributed by atoms with E-state index in [-0.39, 0.29) is 11.3 Å². The van der Waals surface area contributed by atoms with E-state index in [1.54, 1.807) is 13.0 Å². The van der Waals surface area contributed by atoms with Crippen LogP contribution in [0.1, 0.15) is 41.6 Å². The molecular weight excluding hydrogens is 246 g/mol. The number of carbonyl (C=O) groups is 2. The predicted molar refractivity (Wildman–Crippen MR) is 69.1 cm³/mol. The molecule has 0 atom stereocenters. The van der Waals surface area contributed by atoms with Gasteiger partial charge in [0.1, 0.15) is 11.3 Å². The molecule has 19 heavy (non-hydrogen) atoms. The van der Waals surface area contributed by atoms with Crippen LogP contribution < -0.4 is 5.32 Å². The van der Waals surface area contributed by atoms with Crippen LogP contribution in [0.4, 0.5) is 0 Å². The van der Waals surface area contributed by atoms with Crippen LogP contribution in [0.15, 0.2) is 18.2 Å². The maximum atomic E-state index is 12.1. The number of carboxylic acid groups (broad SMARTS) is 1. The quantitative estimate of drug-likeness (QED) is 0.776. The molecule has 3 N–H and O–H groups in total. The number of aryl methyl sites for hydroxylation is 1. The molecule has 1 aromatic rings. The molecule has 1 aliphatic rings. The molecule has 2 rings (SSSR count). The van der Waals surface area contributed by atoms with Gasteiger partial charge < -0.3 is 15.5 Å². The van der Waals surface area contributed by atoms with E-state index in [1.807, 2.05) is 0 Å². The molecule has 1 fully saturated rings. The fourth-order valence-corrected chi connectivity index (χ4v) is 2.49. The van der Waals surface area contributed by atoms with E-state index in [0.29, 0.717) is 12.8 Å². The van der Waals surface area contributed by atoms with Gasteiger partial charge in [-0.2, -0.15) is 0 Å². The lowest BCUT2D eigenvalue weighted by atomic mass is 9.97. The van der Waals surface area contributed by atoms with Gasteiger partial charge in [0, 0.05) is 0 Å². The average Bonchev–Trinajstić information content (AvgIpc) is 2.78. The zero-order valence-electron chi connectivity index (χ0n) is 10.8. The minimum atomic E-state index is -1.19. The number of phenols is 1. The number of carbonyl (C=O) groups excluding carboxylic acids is 1. The number of rotatable bonds is 3. The minimum Gasteiger partial charge on any atom is -0.507 e. The van der Waals surface area contributed by atoms with E-state index in [4.69, 9.17) is 0 Å². The van der Waals surface area contributed by atoms with E-state index < -0.39 is 17.4 Å². The lowest BCUT2D eigenvalue weighted by Crippen LogP contribution is -2.52. The number of hydrogen-bond donors (Lipinski definition) is 3. The Kier molecular flexibility index (Phi) is 3.46. The van der Waals surface area contributed by atoms with E-state index in [0.717, 1.165) is 18.4 Å². The van der Waals surface area contributed by atoms with Crippen molar-refractivity contribution in [2.45, 2.75) is 38.1 Å². The highest BCUT2D eigenvalue weighted by atomic mass is 16.4. The van der Waals surface area contributed by atoms with Crippen LogP contribution in [0.25, 0.3) is 0 Å². The first kappa shape index (κ1) is 13.4. The Labute approximate surface area is 111 Å². The van der Waals surface area contributed by atoms with Gasteiger partial charge in [0.15, 0.2) is 0 Å². The Morgan fingerprint density at radius 2 is 1.89 bits per heavy atom. The Balaban J connectivity index is 2.22. The molecule has 1 saturated carbocycles. The smallest absolute Gasteiger partial charge is 0.329 e. The fourth-order valence-electron chi connectivity index (χ4n) is 2.49. The van der Waals surface area contributed by atoms with Gasteiger partial charge in [-0.15, -0.1) is 0 Å². The summed E-state index contributed by atoms with van der Waals surface area (Å²) >= 11 is 0. The normalized spacial score (nSPS) is 17.1. The molecule has 5 heteroatoms. The summed E-state index contributed by atoms with van der Waals surface area (Å²) < 4.78 is 0. The molecule has 5 nitrogen and oxygen atoms in total. The molecule has 0 aromatic heterocycles. The summed E-state index contributed by atoms with van der Waals surface area (Å²) in [5.74, 6) is -1.68. The molecule has 0 spiro atoms. The molecule has 1 amide bonds. The van der Waals surface area contributed by atoms with Crippen molar-refractivity contribution in [3.05, 3.63) is 29.3 Å². The topological polar surface area (TPSA) is 86.6 Å². The van der Waals surface area contributed by atoms with E-state index >= 15 is 0 Å². The predicted octanol–water partition coefficient (Wildman–Crippen LogP) is 1.83. The molecule has 1 aromatic carbocycles. The number of aromatic hydroxyl groups is 1. The standard InChI is InChI=1S/C14H17NO4/c1-9-4-5-10(11(16)8-9)12(17)15-14(13(18)19)6-2-3-7-14/h4-5,8,16H,2-3,6-7H2,1H3,(H,15,17)(H,18,19). The summed E-state index contributed by atoms with van der Waals surface area (Å²) in [5.41, 5.74) is -0.241. The largest absolute Gasteiger partial charge is 0.507 e. The molecule has 0 radical (unpaired) electrons. The maximum Gasteiger partial charge on any atom is 0.329 e. The van der Waals surface area contributed by atoms with Crippen LogP contribution in [0.3, 0.4) is 0 Å². The van der Waals surface area contributed by atoms with Crippen molar-refractivity contribution in [1.82, 2.24) is 5.32 Å². The van der Waals surface area contributed by atoms with E-state index in [1.165, 1.54) is 12.1 Å². The first-order valence-electron chi connectivity index (χ1n) is 6.30. The highest BCUT2D eigenvalue weighted by Crippen LogP contribution is 2.31. The second kappa shape index (κ2) is 4.91. The van der Waals surface area contributed by atoms with Crippen LogP contribution >= 0.6 is 0 Å². The van der Waals surface area contributed by atoms with Gasteiger partial charge in [-0.1, -0.05) is 18.9 Å². The van der Waals surface area contributed by atoms with Gasteiger partial charge >= 0.3 is 5.97 Å². The SMILES string of the molecule is Cc1ccc(C(=O)NC2(C(=O)O)CCCC2)c(O)c1. The van der Waals surface area contributed by atoms with Crippen molar-refractivity contribution in [3.8, 4) is 5.75 Å². The van der Waals surface area contributed by atoms with Gasteiger partial charge in [0.2, 0.25) is 0 Å².